The molecular weight excluding hydrogens is 1720 g/mol. The number of hydrogen-bond donors (Lipinski definition) is 5. The predicted molar refractivity (Wildman–Crippen MR) is 476 cm³/mol. The first-order valence-electron chi connectivity index (χ1n) is 35.3. The van der Waals surface area contributed by atoms with Gasteiger partial charge in [0.1, 0.15) is 81.4 Å². The molecule has 638 valence electrons. The van der Waals surface area contributed by atoms with Crippen LogP contribution in [0.25, 0.3) is 11.2 Å². The highest BCUT2D eigenvalue weighted by molar-refractivity contribution is 8.66. The van der Waals surface area contributed by atoms with Crippen LogP contribution in [0, 0.1) is 30.3 Å². The van der Waals surface area contributed by atoms with Gasteiger partial charge in [-0.25, -0.2) is 19.2 Å². The summed E-state index contributed by atoms with van der Waals surface area (Å²) in [5.41, 5.74) is 24.8. The van der Waals surface area contributed by atoms with Crippen molar-refractivity contribution in [2.45, 2.75) is 54.4 Å². The molecule has 120 heavy (non-hydrogen) atoms. The number of aromatic amines is 1. The van der Waals surface area contributed by atoms with Gasteiger partial charge in [-0.3, -0.25) is 49.6 Å². The highest BCUT2D eigenvalue weighted by Crippen LogP contribution is 2.60. The van der Waals surface area contributed by atoms with Gasteiger partial charge in [-0.1, -0.05) is 56.0 Å². The molecule has 0 radical (unpaired) electrons. The molecule has 4 aliphatic heterocycles. The molecular formula is C71H88N20O21P8. The molecule has 16 bridgehead atoms. The third-order valence-corrected chi connectivity index (χ3v) is 15.3. The monoisotopic (exact) mass is 1800 g/mol. The number of anilines is 7. The van der Waals surface area contributed by atoms with Gasteiger partial charge in [0.25, 0.3) is 0 Å². The van der Waals surface area contributed by atoms with E-state index in [9.17, 15) is 49.5 Å². The van der Waals surface area contributed by atoms with Crippen LogP contribution >= 0.6 is 67.5 Å². The Morgan fingerprint density at radius 3 is 0.933 bits per heavy atom. The molecule has 0 fully saturated rings. The van der Waals surface area contributed by atoms with Crippen LogP contribution in [-0.4, -0.2) is 155 Å². The lowest BCUT2D eigenvalue weighted by atomic mass is 10.2. The number of hydrogen-bond acceptors (Lipinski definition) is 33. The van der Waals surface area contributed by atoms with Crippen LogP contribution in [-0.2, 0) is 40.4 Å². The minimum Gasteiger partial charge on any atom is -0.490 e. The number of nitrogens with zero attached hydrogens (tertiary/aromatic N) is 15. The average Bonchev–Trinajstić information content (AvgIpc) is 1.45. The summed E-state index contributed by atoms with van der Waals surface area (Å²) in [7, 11) is 15.9. The van der Waals surface area contributed by atoms with E-state index in [4.69, 9.17) is 75.0 Å². The largest absolute Gasteiger partial charge is 0.490 e. The van der Waals surface area contributed by atoms with Gasteiger partial charge in [-0.15, -0.1) is 53.6 Å². The zero-order chi connectivity index (χ0) is 86.1. The van der Waals surface area contributed by atoms with E-state index in [2.05, 4.69) is 98.4 Å². The van der Waals surface area contributed by atoms with E-state index in [0.717, 1.165) is 26.0 Å². The number of ether oxygens (including phenoxy) is 11. The Kier molecular flexibility index (Phi) is 38.7. The van der Waals surface area contributed by atoms with Crippen molar-refractivity contribution in [3.8, 4) is 47.0 Å². The lowest BCUT2D eigenvalue weighted by molar-refractivity contribution is -0.383. The molecule has 0 saturated heterocycles. The summed E-state index contributed by atoms with van der Waals surface area (Å²) in [6.07, 6.45) is 11.5. The third kappa shape index (κ3) is 29.2. The Hall–Kier alpha value is -11.5. The van der Waals surface area contributed by atoms with E-state index in [-0.39, 0.29) is 140 Å². The Balaban J connectivity index is 0.000000213. The van der Waals surface area contributed by atoms with E-state index in [1.807, 2.05) is 36.4 Å². The van der Waals surface area contributed by atoms with Crippen molar-refractivity contribution in [1.82, 2.24) is 49.4 Å². The second-order valence-electron chi connectivity index (χ2n) is 23.8. The Morgan fingerprint density at radius 2 is 0.667 bits per heavy atom. The van der Waals surface area contributed by atoms with Crippen LogP contribution in [0.1, 0.15) is 50.5 Å². The number of H-pyrrole nitrogens is 1. The summed E-state index contributed by atoms with van der Waals surface area (Å²) < 4.78 is 60.9. The number of benzene rings is 4. The van der Waals surface area contributed by atoms with E-state index in [1.165, 1.54) is 4.57 Å². The topological polar surface area (TPSA) is 537 Å². The number of aromatic nitrogens is 10. The van der Waals surface area contributed by atoms with Gasteiger partial charge in [0, 0.05) is 0 Å². The maximum atomic E-state index is 12.6. The average molecular weight is 1810 g/mol. The van der Waals surface area contributed by atoms with Crippen LogP contribution in [0.5, 0.6) is 47.0 Å². The van der Waals surface area contributed by atoms with Crippen molar-refractivity contribution in [1.29, 1.82) is 0 Å². The van der Waals surface area contributed by atoms with Crippen LogP contribution in [0.2, 0.25) is 0 Å². The smallest absolute Gasteiger partial charge is 0.415 e. The van der Waals surface area contributed by atoms with Crippen molar-refractivity contribution in [2.24, 2.45) is 0 Å². The Bertz CT molecular complexity index is 4860. The van der Waals surface area contributed by atoms with Crippen molar-refractivity contribution in [3.63, 3.8) is 0 Å². The number of carbonyl (C=O) groups excluding carboxylic acids is 3. The normalized spacial score (nSPS) is 14.4. The Labute approximate surface area is 702 Å². The summed E-state index contributed by atoms with van der Waals surface area (Å²) >= 11 is 0. The number of nitro groups is 3. The van der Waals surface area contributed by atoms with Crippen molar-refractivity contribution < 1.29 is 81.3 Å². The van der Waals surface area contributed by atoms with Gasteiger partial charge in [0.15, 0.2) is 11.5 Å². The zero-order valence-corrected chi connectivity index (χ0v) is 72.6. The van der Waals surface area contributed by atoms with Gasteiger partial charge in [0.05, 0.1) is 60.8 Å². The molecule has 9 aromatic rings. The van der Waals surface area contributed by atoms with Crippen LogP contribution in [0.4, 0.5) is 72.2 Å². The van der Waals surface area contributed by atoms with Crippen molar-refractivity contribution >= 4 is 155 Å². The molecule has 41 nitrogen and oxygen atoms in total. The van der Waals surface area contributed by atoms with E-state index in [1.54, 1.807) is 130 Å². The molecule has 0 aliphatic carbocycles. The molecule has 0 saturated carbocycles. The first-order valence-corrected chi connectivity index (χ1v) is 47.7. The number of nitrogens with two attached hydrogens (primary N) is 4. The molecule has 13 rings (SSSR count). The highest BCUT2D eigenvalue weighted by atomic mass is 32.7. The molecule has 9 N–H and O–H groups in total. The molecule has 6 unspecified atom stereocenters. The summed E-state index contributed by atoms with van der Waals surface area (Å²) in [4.78, 5) is 121. The molecule has 4 aromatic carbocycles. The first-order chi connectivity index (χ1) is 57.1. The van der Waals surface area contributed by atoms with Crippen LogP contribution in [0.15, 0.2) is 150 Å². The summed E-state index contributed by atoms with van der Waals surface area (Å²) in [6.45, 7) is 7.36. The summed E-state index contributed by atoms with van der Waals surface area (Å²) in [6, 6.07) is 28.0. The van der Waals surface area contributed by atoms with Gasteiger partial charge < -0.3 is 80.0 Å². The molecule has 49 heteroatoms. The van der Waals surface area contributed by atoms with Crippen LogP contribution in [0.3, 0.4) is 0 Å². The number of carbonyl (C=O) groups is 3. The van der Waals surface area contributed by atoms with Gasteiger partial charge >= 0.3 is 65.1 Å². The van der Waals surface area contributed by atoms with Crippen LogP contribution < -0.4 is 81.2 Å². The first kappa shape index (κ1) is 95.6. The molecule has 5 aromatic heterocycles. The SMILES string of the molecule is C.CCOC(=O)N1Cc2cccc(c2)OC/C=C/COc2nc(N)c([N+](=O)[O-])c1n2.CCOC(=O)N1Cc2cccc(c2)OC/C=C/COc2nc(N)c([N+](=O)[O-])c1n2.CCOC(=O)N1Cc2cccc(c2)OC/C=C\COc2nc(N)c([N+](=O)[O-])c1n2.Nc1nc2nc3c1[nH]c(=O)n3Cc1cccc(c1)OC/C=C/CO2.PP(P)P.PP(P)P. The fourth-order valence-electron chi connectivity index (χ4n) is 10.4. The Morgan fingerprint density at radius 1 is 0.417 bits per heavy atom. The quantitative estimate of drug-likeness (QED) is 0.0339. The standard InChI is InChI=1S/3C18H19N5O6.C16H15N5O3.CH4.2H6P4/c3*1-2-27-18(24)22-11-12-6-5-7-13(10-12)28-8-3-4-9-29-17-20-15(19)14(23(25)26)16(22)21-17;17-13-12-14-20-15(19-13)24-7-2-1-6-23-11-5-3-4-10(8-11)9-21(14)16(22)18-12;;2*1-4(2)3/h3*3-7,10H,2,8-9,11H2,1H3,(H2,19,20,21);1-5,8H,6-7,9H2,(H,18,22)(H2,17,19,20);1H4;2*1-3H2/b2*4-3+;4-3-;2-1+;;;. The lowest BCUT2D eigenvalue weighted by Gasteiger charge is -2.22. The maximum absolute atomic E-state index is 12.6. The van der Waals surface area contributed by atoms with E-state index in [0.29, 0.717) is 78.1 Å². The van der Waals surface area contributed by atoms with E-state index >= 15 is 0 Å². The number of amides is 3. The summed E-state index contributed by atoms with van der Waals surface area (Å²) in [5.74, 6) is 0.433. The molecule has 4 aliphatic rings. The number of imidazole rings is 1. The van der Waals surface area contributed by atoms with Gasteiger partial charge in [-0.2, -0.15) is 39.9 Å². The molecule has 9 heterocycles. The van der Waals surface area contributed by atoms with Crippen molar-refractivity contribution in [2.75, 3.05) is 110 Å². The second kappa shape index (κ2) is 48.5. The second-order valence-corrected chi connectivity index (χ2v) is 47.0. The zero-order valence-electron chi connectivity index (χ0n) is 63.9. The third-order valence-electron chi connectivity index (χ3n) is 15.3. The maximum Gasteiger partial charge on any atom is 0.415 e. The molecule has 3 amide bonds. The van der Waals surface area contributed by atoms with E-state index < -0.39 is 67.6 Å². The number of fused-ring (bicyclic) bond motifs is 15. The lowest BCUT2D eigenvalue weighted by Crippen LogP contribution is -2.33. The molecule has 0 spiro atoms. The van der Waals surface area contributed by atoms with Gasteiger partial charge in [0.2, 0.25) is 34.9 Å². The van der Waals surface area contributed by atoms with Crippen molar-refractivity contribution in [3.05, 3.63) is 209 Å². The number of nitrogen functional groups attached to an aromatic ring is 4. The highest BCUT2D eigenvalue weighted by Gasteiger charge is 2.36. The van der Waals surface area contributed by atoms with Gasteiger partial charge in [-0.05, 0) is 154 Å². The fraction of sp³-hybridized carbons (Fsp3) is 0.268. The minimum atomic E-state index is -0.821. The minimum absolute atomic E-state index is 0. The summed E-state index contributed by atoms with van der Waals surface area (Å²) in [5, 5.41) is 34.8. The molecule has 6 atom stereocenters. The fourth-order valence-corrected chi connectivity index (χ4v) is 10.4. The number of rotatable bonds is 6. The predicted octanol–water partition coefficient (Wildman–Crippen LogP) is 12.8. The number of nitrogens with one attached hydrogen (secondary N) is 1.